The second kappa shape index (κ2) is 8.19. The molecule has 0 aliphatic carbocycles. The van der Waals surface area contributed by atoms with Crippen LogP contribution in [0.5, 0.6) is 5.75 Å². The van der Waals surface area contributed by atoms with Gasteiger partial charge in [0.15, 0.2) is 0 Å². The molecule has 0 saturated carbocycles. The summed E-state index contributed by atoms with van der Waals surface area (Å²) in [5.74, 6) is 0.215. The molecule has 0 radical (unpaired) electrons. The molecule has 160 valence electrons. The first-order valence-corrected chi connectivity index (χ1v) is 10.8. The minimum atomic E-state index is -0.280. The highest BCUT2D eigenvalue weighted by atomic mass is 19.1. The lowest BCUT2D eigenvalue weighted by molar-refractivity contribution is 0.150. The molecule has 5 rings (SSSR count). The van der Waals surface area contributed by atoms with Crippen LogP contribution in [0.1, 0.15) is 18.4 Å². The standard InChI is InChI=1S/C25H26FN3O2/c26-20-3-1-19(2-4-20)16-31-23-9-14-29(24(30)15-23)22-7-5-21(6-8-22)28-17-25(18-28)10-12-27-13-11-25/h1-9,14-15,27H,10-13,16-18H2. The first-order valence-electron chi connectivity index (χ1n) is 10.8. The predicted molar refractivity (Wildman–Crippen MR) is 120 cm³/mol. The van der Waals surface area contributed by atoms with Gasteiger partial charge in [-0.1, -0.05) is 12.1 Å². The van der Waals surface area contributed by atoms with E-state index in [4.69, 9.17) is 4.74 Å². The highest BCUT2D eigenvalue weighted by Gasteiger charge is 2.43. The van der Waals surface area contributed by atoms with Crippen molar-refractivity contribution in [3.63, 3.8) is 0 Å². The quantitative estimate of drug-likeness (QED) is 0.684. The number of anilines is 1. The van der Waals surface area contributed by atoms with Crippen LogP contribution in [0.25, 0.3) is 5.69 Å². The van der Waals surface area contributed by atoms with Crippen molar-refractivity contribution in [2.45, 2.75) is 19.4 Å². The molecule has 31 heavy (non-hydrogen) atoms. The van der Waals surface area contributed by atoms with Gasteiger partial charge in [-0.25, -0.2) is 4.39 Å². The molecule has 1 aromatic heterocycles. The number of ether oxygens (including phenoxy) is 1. The van der Waals surface area contributed by atoms with Crippen LogP contribution in [0.15, 0.2) is 71.7 Å². The average molecular weight is 420 g/mol. The smallest absolute Gasteiger partial charge is 0.258 e. The van der Waals surface area contributed by atoms with E-state index in [1.807, 2.05) is 12.1 Å². The zero-order valence-corrected chi connectivity index (χ0v) is 17.4. The molecule has 6 heteroatoms. The van der Waals surface area contributed by atoms with Gasteiger partial charge < -0.3 is 15.0 Å². The second-order valence-electron chi connectivity index (χ2n) is 8.61. The zero-order valence-electron chi connectivity index (χ0n) is 17.4. The summed E-state index contributed by atoms with van der Waals surface area (Å²) < 4.78 is 20.3. The van der Waals surface area contributed by atoms with Crippen molar-refractivity contribution >= 4 is 5.69 Å². The van der Waals surface area contributed by atoms with Crippen molar-refractivity contribution in [3.8, 4) is 11.4 Å². The summed E-state index contributed by atoms with van der Waals surface area (Å²) in [6.45, 7) is 4.77. The lowest BCUT2D eigenvalue weighted by Crippen LogP contribution is -2.60. The maximum absolute atomic E-state index is 13.0. The lowest BCUT2D eigenvalue weighted by Gasteiger charge is -2.53. The SMILES string of the molecule is O=c1cc(OCc2ccc(F)cc2)ccn1-c1ccc(N2CC3(CCNCC3)C2)cc1. The second-order valence-corrected chi connectivity index (χ2v) is 8.61. The van der Waals surface area contributed by atoms with E-state index in [0.29, 0.717) is 11.2 Å². The predicted octanol–water partition coefficient (Wildman–Crippen LogP) is 3.75. The van der Waals surface area contributed by atoms with Crippen molar-refractivity contribution < 1.29 is 9.13 Å². The number of aromatic nitrogens is 1. The molecule has 1 N–H and O–H groups in total. The van der Waals surface area contributed by atoms with Crippen molar-refractivity contribution in [2.75, 3.05) is 31.1 Å². The maximum atomic E-state index is 13.0. The molecule has 2 saturated heterocycles. The van der Waals surface area contributed by atoms with Crippen LogP contribution in [0.3, 0.4) is 0 Å². The molecule has 0 atom stereocenters. The number of rotatable bonds is 5. The molecule has 0 amide bonds. The van der Waals surface area contributed by atoms with Crippen LogP contribution >= 0.6 is 0 Å². The fourth-order valence-electron chi connectivity index (χ4n) is 4.55. The molecule has 2 aliphatic heterocycles. The number of halogens is 1. The summed E-state index contributed by atoms with van der Waals surface area (Å²) in [6.07, 6.45) is 4.24. The number of hydrogen-bond acceptors (Lipinski definition) is 4. The van der Waals surface area contributed by atoms with Gasteiger partial charge >= 0.3 is 0 Å². The molecule has 5 nitrogen and oxygen atoms in total. The van der Waals surface area contributed by atoms with Gasteiger partial charge in [0.2, 0.25) is 0 Å². The number of piperidine rings is 1. The van der Waals surface area contributed by atoms with E-state index in [-0.39, 0.29) is 18.0 Å². The van der Waals surface area contributed by atoms with E-state index >= 15 is 0 Å². The van der Waals surface area contributed by atoms with Crippen molar-refractivity contribution in [3.05, 3.63) is 88.6 Å². The Kier molecular flexibility index (Phi) is 5.24. The highest BCUT2D eigenvalue weighted by Crippen LogP contribution is 2.41. The zero-order chi connectivity index (χ0) is 21.3. The Morgan fingerprint density at radius 2 is 1.61 bits per heavy atom. The summed E-state index contributed by atoms with van der Waals surface area (Å²) >= 11 is 0. The Morgan fingerprint density at radius 3 is 2.29 bits per heavy atom. The van der Waals surface area contributed by atoms with E-state index in [0.717, 1.165) is 37.4 Å². The Bertz CT molecular complexity index is 1090. The Balaban J connectivity index is 1.23. The number of pyridine rings is 1. The van der Waals surface area contributed by atoms with Crippen molar-refractivity contribution in [1.82, 2.24) is 9.88 Å². The molecule has 2 fully saturated rings. The number of nitrogens with one attached hydrogen (secondary N) is 1. The summed E-state index contributed by atoms with van der Waals surface area (Å²) in [5.41, 5.74) is 3.22. The molecule has 3 aromatic rings. The average Bonchev–Trinajstić information content (AvgIpc) is 2.78. The minimum Gasteiger partial charge on any atom is -0.489 e. The van der Waals surface area contributed by atoms with Crippen LogP contribution in [-0.2, 0) is 6.61 Å². The topological polar surface area (TPSA) is 46.5 Å². The van der Waals surface area contributed by atoms with Crippen LogP contribution in [0.2, 0.25) is 0 Å². The third-order valence-corrected chi connectivity index (χ3v) is 6.42. The van der Waals surface area contributed by atoms with Gasteiger partial charge in [0.05, 0.1) is 0 Å². The molecule has 1 spiro atoms. The van der Waals surface area contributed by atoms with E-state index < -0.39 is 0 Å². The molecule has 0 unspecified atom stereocenters. The van der Waals surface area contributed by atoms with Crippen molar-refractivity contribution in [1.29, 1.82) is 0 Å². The minimum absolute atomic E-state index is 0.151. The monoisotopic (exact) mass is 419 g/mol. The van der Waals surface area contributed by atoms with E-state index in [9.17, 15) is 9.18 Å². The Hall–Kier alpha value is -3.12. The van der Waals surface area contributed by atoms with E-state index in [2.05, 4.69) is 22.3 Å². The highest BCUT2D eigenvalue weighted by molar-refractivity contribution is 5.53. The molecule has 3 heterocycles. The molecule has 2 aromatic carbocycles. The molecule has 0 bridgehead atoms. The normalized spacial score (nSPS) is 17.4. The van der Waals surface area contributed by atoms with Crippen LogP contribution in [0.4, 0.5) is 10.1 Å². The third-order valence-electron chi connectivity index (χ3n) is 6.42. The van der Waals surface area contributed by atoms with Crippen LogP contribution in [-0.4, -0.2) is 30.7 Å². The molecular formula is C25H26FN3O2. The summed E-state index contributed by atoms with van der Waals surface area (Å²) in [4.78, 5) is 15.0. The van der Waals surface area contributed by atoms with Gasteiger partial charge in [-0.3, -0.25) is 9.36 Å². The summed E-state index contributed by atoms with van der Waals surface area (Å²) in [7, 11) is 0. The van der Waals surface area contributed by atoms with Gasteiger partial charge in [-0.15, -0.1) is 0 Å². The van der Waals surface area contributed by atoms with Crippen LogP contribution < -0.4 is 20.5 Å². The number of hydrogen-bond donors (Lipinski definition) is 1. The fourth-order valence-corrected chi connectivity index (χ4v) is 4.55. The maximum Gasteiger partial charge on any atom is 0.258 e. The third kappa shape index (κ3) is 4.21. The van der Waals surface area contributed by atoms with Crippen LogP contribution in [0, 0.1) is 11.2 Å². The van der Waals surface area contributed by atoms with Gasteiger partial charge in [-0.2, -0.15) is 0 Å². The lowest BCUT2D eigenvalue weighted by atomic mass is 9.72. The first-order chi connectivity index (χ1) is 15.1. The van der Waals surface area contributed by atoms with E-state index in [1.54, 1.807) is 29.0 Å². The van der Waals surface area contributed by atoms with Gasteiger partial charge in [0.1, 0.15) is 18.2 Å². The van der Waals surface area contributed by atoms with Crippen molar-refractivity contribution in [2.24, 2.45) is 5.41 Å². The molecular weight excluding hydrogens is 393 g/mol. The van der Waals surface area contributed by atoms with E-state index in [1.165, 1.54) is 36.7 Å². The Morgan fingerprint density at radius 1 is 0.935 bits per heavy atom. The van der Waals surface area contributed by atoms with Gasteiger partial charge in [0.25, 0.3) is 5.56 Å². The number of benzene rings is 2. The largest absolute Gasteiger partial charge is 0.489 e. The van der Waals surface area contributed by atoms with Gasteiger partial charge in [0, 0.05) is 42.1 Å². The van der Waals surface area contributed by atoms with Gasteiger partial charge in [-0.05, 0) is 74.0 Å². The fraction of sp³-hybridized carbons (Fsp3) is 0.320. The molecule has 2 aliphatic rings. The first kappa shape index (κ1) is 19.8. The summed E-state index contributed by atoms with van der Waals surface area (Å²) in [5, 5.41) is 3.44. The number of nitrogens with zero attached hydrogens (tertiary/aromatic N) is 2. The Labute approximate surface area is 181 Å². The summed E-state index contributed by atoms with van der Waals surface area (Å²) in [6, 6.07) is 17.5.